The number of carbonyl (C=O) groups excluding carboxylic acids is 2. The summed E-state index contributed by atoms with van der Waals surface area (Å²) >= 11 is 0. The van der Waals surface area contributed by atoms with Crippen LogP contribution in [0.3, 0.4) is 0 Å². The Labute approximate surface area is 287 Å². The number of benzene rings is 1. The first kappa shape index (κ1) is 36.0. The zero-order valence-corrected chi connectivity index (χ0v) is 28.8. The van der Waals surface area contributed by atoms with Crippen LogP contribution in [0, 0.1) is 0 Å². The van der Waals surface area contributed by atoms with Gasteiger partial charge in [-0.25, -0.2) is 39.9 Å². The van der Waals surface area contributed by atoms with Crippen molar-refractivity contribution < 1.29 is 37.0 Å². The average Bonchev–Trinajstić information content (AvgIpc) is 3.79. The van der Waals surface area contributed by atoms with Gasteiger partial charge in [-0.1, -0.05) is 24.3 Å². The van der Waals surface area contributed by atoms with Gasteiger partial charge in [0.1, 0.15) is 28.9 Å². The Morgan fingerprint density at radius 2 is 1.76 bits per heavy atom. The molecule has 1 aromatic carbocycles. The summed E-state index contributed by atoms with van der Waals surface area (Å²) in [5.41, 5.74) is 2.98. The summed E-state index contributed by atoms with van der Waals surface area (Å²) in [5.74, 6) is -0.0433. The van der Waals surface area contributed by atoms with E-state index in [1.807, 2.05) is 0 Å². The first-order chi connectivity index (χ1) is 23.6. The highest BCUT2D eigenvalue weighted by molar-refractivity contribution is 5.95. The summed E-state index contributed by atoms with van der Waals surface area (Å²) in [5, 5.41) is 1.32. The summed E-state index contributed by atoms with van der Waals surface area (Å²) in [4.78, 5) is 48.3. The van der Waals surface area contributed by atoms with Crippen molar-refractivity contribution in [1.82, 2.24) is 34.9 Å². The molecule has 3 aromatic heterocycles. The number of hydrogen-bond donors (Lipinski definition) is 1. The largest absolute Gasteiger partial charge is 0.480 e. The number of rotatable bonds is 11. The molecule has 5 rings (SSSR count). The van der Waals surface area contributed by atoms with Gasteiger partial charge < -0.3 is 18.8 Å². The number of hydrazine groups is 1. The van der Waals surface area contributed by atoms with E-state index < -0.39 is 29.5 Å². The number of alkyl halides is 3. The van der Waals surface area contributed by atoms with Gasteiger partial charge in [0.15, 0.2) is 17.3 Å². The number of amides is 1. The molecule has 1 amide bonds. The molecule has 50 heavy (non-hydrogen) atoms. The summed E-state index contributed by atoms with van der Waals surface area (Å²) in [7, 11) is 1.47. The predicted molar refractivity (Wildman–Crippen MR) is 176 cm³/mol. The molecule has 1 N–H and O–H groups in total. The number of carbonyl (C=O) groups is 2. The zero-order chi connectivity index (χ0) is 36.4. The minimum absolute atomic E-state index is 0.0128. The number of aromatic nitrogens is 6. The van der Waals surface area contributed by atoms with Crippen LogP contribution in [0.5, 0.6) is 5.88 Å². The van der Waals surface area contributed by atoms with Crippen molar-refractivity contribution in [2.75, 3.05) is 18.7 Å². The number of methoxy groups -OCH3 is 1. The van der Waals surface area contributed by atoms with E-state index in [1.54, 1.807) is 65.8 Å². The number of halogens is 3. The Balaban J connectivity index is 1.59. The smallest absolute Gasteiger partial charge is 0.434 e. The third-order valence-corrected chi connectivity index (χ3v) is 7.50. The topological polar surface area (TPSA) is 146 Å². The third-order valence-electron chi connectivity index (χ3n) is 7.50. The Kier molecular flexibility index (Phi) is 10.3. The van der Waals surface area contributed by atoms with Crippen molar-refractivity contribution in [3.63, 3.8) is 0 Å². The fourth-order valence-electron chi connectivity index (χ4n) is 5.12. The second kappa shape index (κ2) is 14.3. The van der Waals surface area contributed by atoms with Crippen LogP contribution in [0.2, 0.25) is 0 Å². The fraction of sp³-hybridized carbons (Fsp3) is 0.441. The molecule has 0 atom stereocenters. The maximum absolute atomic E-state index is 13.5. The minimum Gasteiger partial charge on any atom is -0.480 e. The van der Waals surface area contributed by atoms with E-state index in [2.05, 4.69) is 25.4 Å². The van der Waals surface area contributed by atoms with Gasteiger partial charge in [-0.05, 0) is 59.9 Å². The van der Waals surface area contributed by atoms with Crippen LogP contribution < -0.4 is 15.2 Å². The second-order valence-corrected chi connectivity index (χ2v) is 12.9. The van der Waals surface area contributed by atoms with E-state index in [-0.39, 0.29) is 54.0 Å². The molecule has 266 valence electrons. The molecule has 13 nitrogen and oxygen atoms in total. The molecule has 1 aliphatic carbocycles. The first-order valence-corrected chi connectivity index (χ1v) is 16.1. The molecule has 0 unspecified atom stereocenters. The molecular weight excluding hydrogens is 657 g/mol. The van der Waals surface area contributed by atoms with Crippen LogP contribution in [-0.4, -0.2) is 60.9 Å². The van der Waals surface area contributed by atoms with Crippen LogP contribution in [0.15, 0.2) is 43.0 Å². The second-order valence-electron chi connectivity index (χ2n) is 12.9. The van der Waals surface area contributed by atoms with Crippen molar-refractivity contribution in [3.8, 4) is 28.7 Å². The summed E-state index contributed by atoms with van der Waals surface area (Å²) < 4.78 is 58.5. The maximum Gasteiger partial charge on any atom is 0.434 e. The predicted octanol–water partition coefficient (Wildman–Crippen LogP) is 6.91. The Hall–Kier alpha value is -5.28. The summed E-state index contributed by atoms with van der Waals surface area (Å²) in [6.45, 7) is 10.3. The van der Waals surface area contributed by atoms with Crippen LogP contribution >= 0.6 is 0 Å². The number of nitrogens with zero attached hydrogens (tertiary/aromatic N) is 7. The lowest BCUT2D eigenvalue weighted by Gasteiger charge is -2.28. The van der Waals surface area contributed by atoms with E-state index in [0.717, 1.165) is 19.0 Å². The maximum atomic E-state index is 13.5. The Morgan fingerprint density at radius 1 is 1.06 bits per heavy atom. The number of nitrogens with one attached hydrogen (secondary N) is 1. The van der Waals surface area contributed by atoms with Crippen molar-refractivity contribution in [1.29, 1.82) is 0 Å². The van der Waals surface area contributed by atoms with E-state index in [9.17, 15) is 22.8 Å². The van der Waals surface area contributed by atoms with Gasteiger partial charge >= 0.3 is 18.2 Å². The normalized spacial score (nSPS) is 13.3. The molecule has 0 aliphatic heterocycles. The first-order valence-electron chi connectivity index (χ1n) is 16.1. The van der Waals surface area contributed by atoms with Gasteiger partial charge in [0.25, 0.3) is 0 Å². The molecule has 0 bridgehead atoms. The van der Waals surface area contributed by atoms with E-state index in [1.165, 1.54) is 29.2 Å². The van der Waals surface area contributed by atoms with Crippen LogP contribution in [-0.2, 0) is 22.2 Å². The zero-order valence-electron chi connectivity index (χ0n) is 28.8. The molecule has 1 aliphatic rings. The molecule has 1 fully saturated rings. The molecule has 0 radical (unpaired) electrons. The van der Waals surface area contributed by atoms with Crippen LogP contribution in [0.1, 0.15) is 93.7 Å². The van der Waals surface area contributed by atoms with Gasteiger partial charge in [0.2, 0.25) is 5.88 Å². The summed E-state index contributed by atoms with van der Waals surface area (Å²) in [6.07, 6.45) is 0.0890. The molecule has 16 heteroatoms. The molecule has 1 saturated carbocycles. The van der Waals surface area contributed by atoms with Crippen molar-refractivity contribution in [3.05, 3.63) is 65.5 Å². The standard InChI is InChI=1S/C34H39F3N8O5/c1-8-49-31(46)23-15-38-27(25-26(21-13-14-21)39-18-40-30(25)48-7)42-29(23)45(43-32(47)50-33(4,5)6)16-20-9-11-22(12-10-20)28-41-24(34(35,36)37)17-44(28)19(2)3/h9-12,15,17-19,21H,8,13-14,16H2,1-7H3,(H,43,47). The lowest BCUT2D eigenvalue weighted by Crippen LogP contribution is -2.45. The number of hydrogen-bond acceptors (Lipinski definition) is 11. The van der Waals surface area contributed by atoms with Gasteiger partial charge in [0.05, 0.1) is 26.0 Å². The highest BCUT2D eigenvalue weighted by atomic mass is 19.4. The van der Waals surface area contributed by atoms with Crippen LogP contribution in [0.25, 0.3) is 22.8 Å². The molecular formula is C34H39F3N8O5. The summed E-state index contributed by atoms with van der Waals surface area (Å²) in [6, 6.07) is 6.33. The number of ether oxygens (including phenoxy) is 3. The SMILES string of the molecule is CCOC(=O)c1cnc(-c2c(OC)ncnc2C2CC2)nc1N(Cc1ccc(-c2nc(C(F)(F)F)cn2C(C)C)cc1)NC(=O)OC(C)(C)C. The molecule has 0 saturated heterocycles. The molecule has 4 aromatic rings. The lowest BCUT2D eigenvalue weighted by molar-refractivity contribution is -0.140. The van der Waals surface area contributed by atoms with Crippen molar-refractivity contribution >= 4 is 17.9 Å². The van der Waals surface area contributed by atoms with Gasteiger partial charge in [-0.2, -0.15) is 13.2 Å². The highest BCUT2D eigenvalue weighted by Crippen LogP contribution is 2.45. The van der Waals surface area contributed by atoms with Crippen molar-refractivity contribution in [2.45, 2.75) is 84.7 Å². The van der Waals surface area contributed by atoms with Crippen LogP contribution in [0.4, 0.5) is 23.8 Å². The number of esters is 1. The minimum atomic E-state index is -4.61. The number of anilines is 1. The van der Waals surface area contributed by atoms with Crippen molar-refractivity contribution in [2.24, 2.45) is 0 Å². The van der Waals surface area contributed by atoms with E-state index in [4.69, 9.17) is 19.2 Å². The Morgan fingerprint density at radius 3 is 2.34 bits per heavy atom. The van der Waals surface area contributed by atoms with E-state index >= 15 is 0 Å². The fourth-order valence-corrected chi connectivity index (χ4v) is 5.12. The quantitative estimate of drug-likeness (QED) is 0.129. The molecule has 3 heterocycles. The number of imidazole rings is 1. The third kappa shape index (κ3) is 8.29. The van der Waals surface area contributed by atoms with E-state index in [0.29, 0.717) is 22.4 Å². The highest BCUT2D eigenvalue weighted by Gasteiger charge is 2.36. The lowest BCUT2D eigenvalue weighted by atomic mass is 10.1. The Bertz CT molecular complexity index is 1850. The monoisotopic (exact) mass is 696 g/mol. The van der Waals surface area contributed by atoms with Gasteiger partial charge in [0, 0.05) is 29.9 Å². The van der Waals surface area contributed by atoms with Gasteiger partial charge in [-0.3, -0.25) is 5.01 Å². The van der Waals surface area contributed by atoms with Gasteiger partial charge in [-0.15, -0.1) is 0 Å². The average molecular weight is 697 g/mol. The molecule has 0 spiro atoms.